The van der Waals surface area contributed by atoms with Gasteiger partial charge in [0.15, 0.2) is 0 Å². The van der Waals surface area contributed by atoms with Gasteiger partial charge in [-0.1, -0.05) is 0 Å². The van der Waals surface area contributed by atoms with Crippen molar-refractivity contribution in [3.8, 4) is 11.3 Å². The third kappa shape index (κ3) is 1.36. The van der Waals surface area contributed by atoms with Gasteiger partial charge in [-0.3, -0.25) is 9.38 Å². The minimum absolute atomic E-state index is 0.705. The predicted molar refractivity (Wildman–Crippen MR) is 56.2 cm³/mol. The number of nitrogens with zero attached hydrogens (tertiary/aromatic N) is 4. The highest BCUT2D eigenvalue weighted by atomic mass is 15.1. The van der Waals surface area contributed by atoms with E-state index in [1.165, 1.54) is 0 Å². The molecule has 0 saturated carbocycles. The largest absolute Gasteiger partial charge is 0.291 e. The first-order valence-electron chi connectivity index (χ1n) is 4.63. The van der Waals surface area contributed by atoms with E-state index in [0.29, 0.717) is 5.78 Å². The van der Waals surface area contributed by atoms with Crippen LogP contribution in [0.3, 0.4) is 0 Å². The van der Waals surface area contributed by atoms with Crippen LogP contribution in [-0.2, 0) is 0 Å². The normalized spacial score (nSPS) is 10.7. The van der Waals surface area contributed by atoms with Crippen LogP contribution < -0.4 is 0 Å². The van der Waals surface area contributed by atoms with E-state index in [1.807, 2.05) is 35.0 Å². The Hall–Kier alpha value is -2.23. The zero-order valence-electron chi connectivity index (χ0n) is 7.91. The van der Waals surface area contributed by atoms with Crippen molar-refractivity contribution < 1.29 is 0 Å². The second kappa shape index (κ2) is 3.16. The second-order valence-electron chi connectivity index (χ2n) is 3.19. The Morgan fingerprint density at radius 1 is 1.13 bits per heavy atom. The summed E-state index contributed by atoms with van der Waals surface area (Å²) < 4.78 is 1.89. The summed E-state index contributed by atoms with van der Waals surface area (Å²) in [6, 6.07) is 5.75. The summed E-state index contributed by atoms with van der Waals surface area (Å²) in [5.74, 6) is 0.705. The van der Waals surface area contributed by atoms with Crippen molar-refractivity contribution in [1.82, 2.24) is 19.4 Å². The van der Waals surface area contributed by atoms with Crippen LogP contribution in [0.25, 0.3) is 17.0 Å². The summed E-state index contributed by atoms with van der Waals surface area (Å²) in [5, 5.41) is 0. The van der Waals surface area contributed by atoms with Gasteiger partial charge in [0, 0.05) is 36.5 Å². The van der Waals surface area contributed by atoms with Crippen LogP contribution in [0.5, 0.6) is 0 Å². The standard InChI is InChI=1S/C11H8N4/c1-3-9(7-12-4-1)10-8-15-6-2-5-13-11(15)14-10/h1-8H. The van der Waals surface area contributed by atoms with Crippen molar-refractivity contribution in [1.29, 1.82) is 0 Å². The van der Waals surface area contributed by atoms with Crippen LogP contribution >= 0.6 is 0 Å². The van der Waals surface area contributed by atoms with E-state index in [2.05, 4.69) is 15.0 Å². The van der Waals surface area contributed by atoms with Gasteiger partial charge in [-0.2, -0.15) is 0 Å². The highest BCUT2D eigenvalue weighted by Gasteiger charge is 2.03. The summed E-state index contributed by atoms with van der Waals surface area (Å²) >= 11 is 0. The van der Waals surface area contributed by atoms with E-state index in [9.17, 15) is 0 Å². The molecule has 72 valence electrons. The third-order valence-corrected chi connectivity index (χ3v) is 2.19. The van der Waals surface area contributed by atoms with E-state index >= 15 is 0 Å². The van der Waals surface area contributed by atoms with Gasteiger partial charge in [-0.15, -0.1) is 0 Å². The molecule has 0 radical (unpaired) electrons. The van der Waals surface area contributed by atoms with E-state index in [-0.39, 0.29) is 0 Å². The quantitative estimate of drug-likeness (QED) is 0.596. The molecule has 0 saturated heterocycles. The zero-order chi connectivity index (χ0) is 10.1. The van der Waals surface area contributed by atoms with Gasteiger partial charge in [0.2, 0.25) is 5.78 Å². The zero-order valence-corrected chi connectivity index (χ0v) is 7.91. The van der Waals surface area contributed by atoms with Gasteiger partial charge < -0.3 is 0 Å². The average molecular weight is 196 g/mol. The van der Waals surface area contributed by atoms with Crippen molar-refractivity contribution in [2.75, 3.05) is 0 Å². The van der Waals surface area contributed by atoms with E-state index in [1.54, 1.807) is 18.6 Å². The maximum atomic E-state index is 4.39. The predicted octanol–water partition coefficient (Wildman–Crippen LogP) is 1.79. The van der Waals surface area contributed by atoms with Crippen LogP contribution in [0.15, 0.2) is 49.2 Å². The van der Waals surface area contributed by atoms with Crippen LogP contribution in [0, 0.1) is 0 Å². The van der Waals surface area contributed by atoms with Crippen LogP contribution in [-0.4, -0.2) is 19.4 Å². The number of aromatic nitrogens is 4. The monoisotopic (exact) mass is 196 g/mol. The Morgan fingerprint density at radius 3 is 2.93 bits per heavy atom. The summed E-state index contributed by atoms with van der Waals surface area (Å²) in [6.45, 7) is 0. The first-order chi connectivity index (χ1) is 7.43. The van der Waals surface area contributed by atoms with Crippen LogP contribution in [0.2, 0.25) is 0 Å². The van der Waals surface area contributed by atoms with Crippen LogP contribution in [0.1, 0.15) is 0 Å². The molecule has 0 atom stereocenters. The fourth-order valence-electron chi connectivity index (χ4n) is 1.48. The van der Waals surface area contributed by atoms with Crippen molar-refractivity contribution in [3.63, 3.8) is 0 Å². The average Bonchev–Trinajstić information content (AvgIpc) is 2.74. The number of imidazole rings is 1. The van der Waals surface area contributed by atoms with Crippen LogP contribution in [0.4, 0.5) is 0 Å². The fourth-order valence-corrected chi connectivity index (χ4v) is 1.48. The molecule has 0 N–H and O–H groups in total. The third-order valence-electron chi connectivity index (χ3n) is 2.19. The lowest BCUT2D eigenvalue weighted by atomic mass is 10.2. The Bertz CT molecular complexity index is 553. The molecule has 0 unspecified atom stereocenters. The smallest absolute Gasteiger partial charge is 0.234 e. The molecule has 4 nitrogen and oxygen atoms in total. The molecule has 0 aliphatic carbocycles. The lowest BCUT2D eigenvalue weighted by Crippen LogP contribution is -1.82. The number of pyridine rings is 1. The molecule has 0 bridgehead atoms. The Labute approximate surface area is 86.3 Å². The minimum Gasteiger partial charge on any atom is -0.291 e. The molecule has 0 spiro atoms. The van der Waals surface area contributed by atoms with Crippen molar-refractivity contribution in [2.45, 2.75) is 0 Å². The molecule has 0 aromatic carbocycles. The van der Waals surface area contributed by atoms with Gasteiger partial charge in [0.25, 0.3) is 0 Å². The number of rotatable bonds is 1. The number of fused-ring (bicyclic) bond motifs is 1. The SMILES string of the molecule is c1cncc(-c2cn3cccnc3n2)c1. The van der Waals surface area contributed by atoms with E-state index in [0.717, 1.165) is 11.3 Å². The van der Waals surface area contributed by atoms with Crippen molar-refractivity contribution in [3.05, 3.63) is 49.2 Å². The Kier molecular flexibility index (Phi) is 1.71. The maximum Gasteiger partial charge on any atom is 0.234 e. The maximum absolute atomic E-state index is 4.39. The first kappa shape index (κ1) is 8.11. The topological polar surface area (TPSA) is 43.1 Å². The van der Waals surface area contributed by atoms with E-state index in [4.69, 9.17) is 0 Å². The lowest BCUT2D eigenvalue weighted by molar-refractivity contribution is 1.11. The van der Waals surface area contributed by atoms with Crippen molar-refractivity contribution in [2.24, 2.45) is 0 Å². The summed E-state index contributed by atoms with van der Waals surface area (Å²) in [5.41, 5.74) is 1.89. The first-order valence-corrected chi connectivity index (χ1v) is 4.63. The summed E-state index contributed by atoms with van der Waals surface area (Å²) in [7, 11) is 0. The molecule has 3 aromatic heterocycles. The highest BCUT2D eigenvalue weighted by Crippen LogP contribution is 2.16. The molecular formula is C11H8N4. The van der Waals surface area contributed by atoms with Gasteiger partial charge in [0.1, 0.15) is 0 Å². The summed E-state index contributed by atoms with van der Waals surface area (Å²) in [6.07, 6.45) is 9.14. The highest BCUT2D eigenvalue weighted by molar-refractivity contribution is 5.59. The molecule has 15 heavy (non-hydrogen) atoms. The minimum atomic E-state index is 0.705. The molecule has 0 fully saturated rings. The fraction of sp³-hybridized carbons (Fsp3) is 0. The Morgan fingerprint density at radius 2 is 2.13 bits per heavy atom. The Balaban J connectivity index is 2.21. The molecule has 0 aliphatic rings. The molecule has 0 amide bonds. The van der Waals surface area contributed by atoms with Gasteiger partial charge >= 0.3 is 0 Å². The van der Waals surface area contributed by atoms with Gasteiger partial charge in [-0.05, 0) is 18.2 Å². The number of hydrogen-bond donors (Lipinski definition) is 0. The van der Waals surface area contributed by atoms with Gasteiger partial charge in [0.05, 0.1) is 5.69 Å². The van der Waals surface area contributed by atoms with Crippen molar-refractivity contribution >= 4 is 5.78 Å². The molecular weight excluding hydrogens is 188 g/mol. The lowest BCUT2D eigenvalue weighted by Gasteiger charge is -1.91. The number of hydrogen-bond acceptors (Lipinski definition) is 3. The molecule has 3 heterocycles. The molecule has 0 aliphatic heterocycles. The molecule has 3 rings (SSSR count). The molecule has 3 aromatic rings. The second-order valence-corrected chi connectivity index (χ2v) is 3.19. The summed E-state index contributed by atoms with van der Waals surface area (Å²) in [4.78, 5) is 12.6. The van der Waals surface area contributed by atoms with E-state index < -0.39 is 0 Å². The molecule has 4 heteroatoms. The van der Waals surface area contributed by atoms with Gasteiger partial charge in [-0.25, -0.2) is 9.97 Å².